The van der Waals surface area contributed by atoms with Gasteiger partial charge in [0.05, 0.1) is 39.7 Å². The smallest absolute Gasteiger partial charge is 0.338 e. The molecular formula is C29H25IN2O5S2. The third-order valence-electron chi connectivity index (χ3n) is 6.02. The summed E-state index contributed by atoms with van der Waals surface area (Å²) in [5, 5.41) is 1.93. The minimum atomic E-state index is -0.660. The number of fused-ring (bicyclic) bond motifs is 1. The summed E-state index contributed by atoms with van der Waals surface area (Å²) in [7, 11) is 1.59. The summed E-state index contributed by atoms with van der Waals surface area (Å²) in [4.78, 5) is 33.6. The van der Waals surface area contributed by atoms with Gasteiger partial charge in [0.25, 0.3) is 5.56 Å². The molecule has 39 heavy (non-hydrogen) atoms. The third kappa shape index (κ3) is 5.32. The highest BCUT2D eigenvalue weighted by Gasteiger charge is 2.35. The largest absolute Gasteiger partial charge is 0.493 e. The monoisotopic (exact) mass is 672 g/mol. The van der Waals surface area contributed by atoms with Gasteiger partial charge in [0, 0.05) is 10.4 Å². The molecule has 1 aliphatic heterocycles. The molecule has 0 saturated carbocycles. The number of hydrogen-bond acceptors (Lipinski definition) is 8. The summed E-state index contributed by atoms with van der Waals surface area (Å²) in [6.07, 6.45) is 1.83. The van der Waals surface area contributed by atoms with Gasteiger partial charge in [-0.05, 0) is 71.7 Å². The van der Waals surface area contributed by atoms with E-state index in [2.05, 4.69) is 22.6 Å². The normalized spacial score (nSPS) is 15.1. The zero-order valence-corrected chi connectivity index (χ0v) is 25.3. The SMILES string of the molecule is CCOC(=O)C1=C(c2ccccc2)N=c2s/c(=C\c3cc(I)c(OCC)c(OC)c3)c(=O)n2[C@@H]1c1cccs1. The molecule has 4 aromatic rings. The van der Waals surface area contributed by atoms with Crippen LogP contribution in [0, 0.1) is 3.57 Å². The van der Waals surface area contributed by atoms with Gasteiger partial charge in [-0.15, -0.1) is 11.3 Å². The Kier molecular flexibility index (Phi) is 8.34. The van der Waals surface area contributed by atoms with Crippen LogP contribution in [-0.4, -0.2) is 30.9 Å². The van der Waals surface area contributed by atoms with Gasteiger partial charge in [-0.25, -0.2) is 9.79 Å². The Balaban J connectivity index is 1.76. The molecule has 200 valence electrons. The summed E-state index contributed by atoms with van der Waals surface area (Å²) in [5.41, 5.74) is 2.21. The number of rotatable bonds is 8. The molecule has 0 aliphatic carbocycles. The lowest BCUT2D eigenvalue weighted by molar-refractivity contribution is -0.138. The molecule has 3 heterocycles. The Labute approximate surface area is 246 Å². The molecule has 1 atom stereocenters. The van der Waals surface area contributed by atoms with E-state index in [4.69, 9.17) is 19.2 Å². The first-order valence-electron chi connectivity index (χ1n) is 12.3. The molecule has 0 N–H and O–H groups in total. The van der Waals surface area contributed by atoms with Crippen molar-refractivity contribution in [2.75, 3.05) is 20.3 Å². The highest BCUT2D eigenvalue weighted by atomic mass is 127. The summed E-state index contributed by atoms with van der Waals surface area (Å²) in [6.45, 7) is 4.41. The minimum absolute atomic E-state index is 0.212. The maximum Gasteiger partial charge on any atom is 0.338 e. The molecule has 5 rings (SSSR count). The van der Waals surface area contributed by atoms with E-state index in [-0.39, 0.29) is 12.2 Å². The second-order valence-electron chi connectivity index (χ2n) is 8.41. The van der Waals surface area contributed by atoms with Crippen LogP contribution in [0.2, 0.25) is 0 Å². The number of thiazole rings is 1. The Morgan fingerprint density at radius 2 is 1.92 bits per heavy atom. The van der Waals surface area contributed by atoms with Crippen molar-refractivity contribution in [2.24, 2.45) is 4.99 Å². The molecular weight excluding hydrogens is 647 g/mol. The van der Waals surface area contributed by atoms with Crippen molar-refractivity contribution in [1.82, 2.24) is 4.57 Å². The van der Waals surface area contributed by atoms with Crippen LogP contribution in [0.25, 0.3) is 11.8 Å². The summed E-state index contributed by atoms with van der Waals surface area (Å²) in [5.74, 6) is 0.775. The van der Waals surface area contributed by atoms with Crippen LogP contribution < -0.4 is 24.4 Å². The van der Waals surface area contributed by atoms with E-state index in [9.17, 15) is 9.59 Å². The Morgan fingerprint density at radius 3 is 2.59 bits per heavy atom. The summed E-state index contributed by atoms with van der Waals surface area (Å²) < 4.78 is 19.8. The minimum Gasteiger partial charge on any atom is -0.493 e. The van der Waals surface area contributed by atoms with Crippen molar-refractivity contribution in [2.45, 2.75) is 19.9 Å². The number of esters is 1. The number of carbonyl (C=O) groups is 1. The predicted octanol–water partition coefficient (Wildman–Crippen LogP) is 5.01. The number of thiophene rings is 1. The quantitative estimate of drug-likeness (QED) is 0.195. The fourth-order valence-corrected chi connectivity index (χ4v) is 7.02. The van der Waals surface area contributed by atoms with Crippen molar-refractivity contribution in [1.29, 1.82) is 0 Å². The van der Waals surface area contributed by atoms with E-state index >= 15 is 0 Å². The average molecular weight is 673 g/mol. The Bertz CT molecular complexity index is 1720. The van der Waals surface area contributed by atoms with Crippen LogP contribution in [0.5, 0.6) is 11.5 Å². The molecule has 0 saturated heterocycles. The molecule has 0 unspecified atom stereocenters. The van der Waals surface area contributed by atoms with E-state index in [0.717, 1.165) is 19.6 Å². The highest BCUT2D eigenvalue weighted by Crippen LogP contribution is 2.37. The summed E-state index contributed by atoms with van der Waals surface area (Å²) in [6, 6.07) is 16.5. The maximum atomic E-state index is 14.0. The Morgan fingerprint density at radius 1 is 1.13 bits per heavy atom. The fraction of sp³-hybridized carbons (Fsp3) is 0.207. The molecule has 10 heteroatoms. The molecule has 0 fully saturated rings. The number of ether oxygens (including phenoxy) is 3. The lowest BCUT2D eigenvalue weighted by Crippen LogP contribution is -2.39. The van der Waals surface area contributed by atoms with Crippen LogP contribution in [0.4, 0.5) is 0 Å². The van der Waals surface area contributed by atoms with Crippen molar-refractivity contribution < 1.29 is 19.0 Å². The van der Waals surface area contributed by atoms with Gasteiger partial charge in [-0.1, -0.05) is 47.7 Å². The standard InChI is InChI=1S/C29H25IN2O5S2/c1-4-36-26-19(30)14-17(15-20(26)35-3)16-22-27(33)32-25(21-12-9-13-38-21)23(28(34)37-5-2)24(31-29(32)39-22)18-10-7-6-8-11-18/h6-16,25H,4-5H2,1-3H3/b22-16-/t25-/m1/s1. The van der Waals surface area contributed by atoms with Gasteiger partial charge < -0.3 is 14.2 Å². The van der Waals surface area contributed by atoms with Crippen LogP contribution in [0.1, 0.15) is 35.9 Å². The number of hydrogen-bond donors (Lipinski definition) is 0. The predicted molar refractivity (Wildman–Crippen MR) is 162 cm³/mol. The van der Waals surface area contributed by atoms with Crippen LogP contribution >= 0.6 is 45.3 Å². The van der Waals surface area contributed by atoms with Gasteiger partial charge in [0.15, 0.2) is 16.3 Å². The molecule has 7 nitrogen and oxygen atoms in total. The topological polar surface area (TPSA) is 79.1 Å². The maximum absolute atomic E-state index is 14.0. The van der Waals surface area contributed by atoms with Crippen LogP contribution in [0.3, 0.4) is 0 Å². The number of aromatic nitrogens is 1. The molecule has 0 bridgehead atoms. The van der Waals surface area contributed by atoms with Crippen LogP contribution in [0.15, 0.2) is 75.3 Å². The molecule has 0 spiro atoms. The number of carbonyl (C=O) groups excluding carboxylic acids is 1. The van der Waals surface area contributed by atoms with E-state index < -0.39 is 12.0 Å². The van der Waals surface area contributed by atoms with E-state index in [1.165, 1.54) is 22.7 Å². The molecule has 1 aliphatic rings. The highest BCUT2D eigenvalue weighted by molar-refractivity contribution is 14.1. The first-order chi connectivity index (χ1) is 19.0. The first kappa shape index (κ1) is 27.4. The van der Waals surface area contributed by atoms with Crippen LogP contribution in [-0.2, 0) is 9.53 Å². The van der Waals surface area contributed by atoms with Gasteiger partial charge in [-0.2, -0.15) is 0 Å². The van der Waals surface area contributed by atoms with Crippen molar-refractivity contribution in [3.05, 3.63) is 105 Å². The lowest BCUT2D eigenvalue weighted by Gasteiger charge is -2.24. The fourth-order valence-electron chi connectivity index (χ4n) is 4.42. The van der Waals surface area contributed by atoms with Crippen molar-refractivity contribution >= 4 is 63.0 Å². The zero-order valence-electron chi connectivity index (χ0n) is 21.5. The molecule has 2 aromatic carbocycles. The van der Waals surface area contributed by atoms with Gasteiger partial charge >= 0.3 is 5.97 Å². The second-order valence-corrected chi connectivity index (χ2v) is 11.6. The molecule has 0 amide bonds. The van der Waals surface area contributed by atoms with E-state index in [0.29, 0.717) is 38.7 Å². The second kappa shape index (κ2) is 11.9. The number of nitrogens with zero attached hydrogens (tertiary/aromatic N) is 2. The van der Waals surface area contributed by atoms with Crippen molar-refractivity contribution in [3.63, 3.8) is 0 Å². The van der Waals surface area contributed by atoms with Crippen molar-refractivity contribution in [3.8, 4) is 11.5 Å². The average Bonchev–Trinajstić information content (AvgIpc) is 3.58. The number of methoxy groups -OCH3 is 1. The number of halogens is 1. The lowest BCUT2D eigenvalue weighted by atomic mass is 9.97. The summed E-state index contributed by atoms with van der Waals surface area (Å²) >= 11 is 4.98. The Hall–Kier alpha value is -3.22. The molecule has 0 radical (unpaired) electrons. The van der Waals surface area contributed by atoms with E-state index in [1.54, 1.807) is 18.6 Å². The van der Waals surface area contributed by atoms with Gasteiger partial charge in [-0.3, -0.25) is 9.36 Å². The zero-order chi connectivity index (χ0) is 27.5. The van der Waals surface area contributed by atoms with Gasteiger partial charge in [0.2, 0.25) is 0 Å². The first-order valence-corrected chi connectivity index (χ1v) is 15.1. The van der Waals surface area contributed by atoms with E-state index in [1.807, 2.05) is 73.0 Å². The van der Waals surface area contributed by atoms with Gasteiger partial charge in [0.1, 0.15) is 6.04 Å². The molecule has 2 aromatic heterocycles. The third-order valence-corrected chi connectivity index (χ3v) is 8.73. The number of benzene rings is 2.